The Balaban J connectivity index is 3.07. The Morgan fingerprint density at radius 2 is 2.27 bits per heavy atom. The molecule has 0 saturated carbocycles. The van der Waals surface area contributed by atoms with Crippen molar-refractivity contribution in [2.45, 2.75) is 6.92 Å². The summed E-state index contributed by atoms with van der Waals surface area (Å²) in [6.07, 6.45) is 1.77. The molecular weight excluding hydrogens is 210 g/mol. The summed E-state index contributed by atoms with van der Waals surface area (Å²) in [5.74, 6) is 0.730. The van der Waals surface area contributed by atoms with Crippen LogP contribution in [-0.2, 0) is 0 Å². The zero-order chi connectivity index (χ0) is 11.3. The second-order valence-corrected chi connectivity index (χ2v) is 3.66. The highest BCUT2D eigenvalue weighted by molar-refractivity contribution is 8.13. The Bertz CT molecular complexity index is 352. The van der Waals surface area contributed by atoms with E-state index in [1.165, 1.54) is 11.8 Å². The number of benzene rings is 1. The highest BCUT2D eigenvalue weighted by Gasteiger charge is 2.10. The molecule has 82 valence electrons. The van der Waals surface area contributed by atoms with Crippen LogP contribution in [0.3, 0.4) is 0 Å². The summed E-state index contributed by atoms with van der Waals surface area (Å²) in [6.45, 7) is 2.52. The van der Waals surface area contributed by atoms with Gasteiger partial charge in [0, 0.05) is 12.7 Å². The summed E-state index contributed by atoms with van der Waals surface area (Å²) in [5.41, 5.74) is 1.49. The van der Waals surface area contributed by atoms with Crippen molar-refractivity contribution in [2.24, 2.45) is 0 Å². The van der Waals surface area contributed by atoms with E-state index in [1.54, 1.807) is 19.4 Å². The van der Waals surface area contributed by atoms with Gasteiger partial charge in [0.15, 0.2) is 0 Å². The number of nitrogens with one attached hydrogen (secondary N) is 1. The lowest BCUT2D eigenvalue weighted by Crippen LogP contribution is -2.01. The van der Waals surface area contributed by atoms with Crippen LogP contribution in [0.5, 0.6) is 5.75 Å². The van der Waals surface area contributed by atoms with Crippen molar-refractivity contribution in [3.05, 3.63) is 23.8 Å². The van der Waals surface area contributed by atoms with E-state index in [-0.39, 0.29) is 5.12 Å². The van der Waals surface area contributed by atoms with E-state index in [1.807, 2.05) is 19.1 Å². The molecule has 0 aliphatic heterocycles. The van der Waals surface area contributed by atoms with Gasteiger partial charge in [0.25, 0.3) is 0 Å². The van der Waals surface area contributed by atoms with Crippen LogP contribution in [0.1, 0.15) is 17.3 Å². The van der Waals surface area contributed by atoms with E-state index >= 15 is 0 Å². The third-order valence-electron chi connectivity index (χ3n) is 1.98. The van der Waals surface area contributed by atoms with Gasteiger partial charge in [0.05, 0.1) is 12.2 Å². The summed E-state index contributed by atoms with van der Waals surface area (Å²) in [4.78, 5) is 11.6. The lowest BCUT2D eigenvalue weighted by molar-refractivity contribution is 0.108. The molecule has 0 radical (unpaired) electrons. The molecule has 1 aromatic carbocycles. The fourth-order valence-corrected chi connectivity index (χ4v) is 1.67. The number of thioether (sulfide) groups is 1. The molecule has 0 bridgehead atoms. The normalized spacial score (nSPS) is 9.80. The maximum absolute atomic E-state index is 11.6. The Morgan fingerprint density at radius 3 is 2.80 bits per heavy atom. The van der Waals surface area contributed by atoms with Crippen molar-refractivity contribution in [2.75, 3.05) is 25.2 Å². The summed E-state index contributed by atoms with van der Waals surface area (Å²) in [7, 11) is 1.80. The molecule has 0 saturated heterocycles. The van der Waals surface area contributed by atoms with E-state index in [0.717, 1.165) is 11.4 Å². The van der Waals surface area contributed by atoms with Crippen LogP contribution in [-0.4, -0.2) is 25.0 Å². The molecule has 1 aromatic rings. The van der Waals surface area contributed by atoms with Crippen LogP contribution in [0.15, 0.2) is 18.2 Å². The van der Waals surface area contributed by atoms with Gasteiger partial charge < -0.3 is 10.1 Å². The second-order valence-electron chi connectivity index (χ2n) is 2.88. The maximum atomic E-state index is 11.6. The van der Waals surface area contributed by atoms with Crippen LogP contribution < -0.4 is 10.1 Å². The summed E-state index contributed by atoms with van der Waals surface area (Å²) in [5, 5.41) is 3.03. The zero-order valence-electron chi connectivity index (χ0n) is 9.16. The first kappa shape index (κ1) is 11.9. The topological polar surface area (TPSA) is 38.3 Å². The van der Waals surface area contributed by atoms with Gasteiger partial charge in [0.1, 0.15) is 5.75 Å². The lowest BCUT2D eigenvalue weighted by Gasteiger charge is -2.09. The highest BCUT2D eigenvalue weighted by atomic mass is 32.2. The van der Waals surface area contributed by atoms with Gasteiger partial charge >= 0.3 is 0 Å². The first-order chi connectivity index (χ1) is 7.22. The van der Waals surface area contributed by atoms with Crippen molar-refractivity contribution in [1.82, 2.24) is 0 Å². The second kappa shape index (κ2) is 5.66. The number of hydrogen-bond donors (Lipinski definition) is 1. The van der Waals surface area contributed by atoms with Crippen LogP contribution in [0.2, 0.25) is 0 Å². The quantitative estimate of drug-likeness (QED) is 0.855. The molecule has 1 N–H and O–H groups in total. The summed E-state index contributed by atoms with van der Waals surface area (Å²) < 4.78 is 5.35. The minimum atomic E-state index is 0.0425. The Morgan fingerprint density at radius 1 is 1.53 bits per heavy atom. The minimum Gasteiger partial charge on any atom is -0.494 e. The van der Waals surface area contributed by atoms with Gasteiger partial charge in [-0.3, -0.25) is 4.79 Å². The van der Waals surface area contributed by atoms with Gasteiger partial charge in [0.2, 0.25) is 5.12 Å². The van der Waals surface area contributed by atoms with Crippen molar-refractivity contribution in [3.63, 3.8) is 0 Å². The average Bonchev–Trinajstić information content (AvgIpc) is 2.28. The average molecular weight is 225 g/mol. The van der Waals surface area contributed by atoms with Crippen LogP contribution in [0.25, 0.3) is 0 Å². The van der Waals surface area contributed by atoms with Gasteiger partial charge in [-0.1, -0.05) is 11.8 Å². The van der Waals surface area contributed by atoms with Crippen LogP contribution in [0.4, 0.5) is 5.69 Å². The monoisotopic (exact) mass is 225 g/mol. The first-order valence-electron chi connectivity index (χ1n) is 4.75. The van der Waals surface area contributed by atoms with Gasteiger partial charge in [-0.25, -0.2) is 0 Å². The number of hydrogen-bond acceptors (Lipinski definition) is 4. The van der Waals surface area contributed by atoms with E-state index in [4.69, 9.17) is 4.74 Å². The zero-order valence-corrected chi connectivity index (χ0v) is 9.98. The van der Waals surface area contributed by atoms with E-state index in [2.05, 4.69) is 5.32 Å². The number of carbonyl (C=O) groups is 1. The summed E-state index contributed by atoms with van der Waals surface area (Å²) in [6, 6.07) is 5.48. The molecule has 0 heterocycles. The van der Waals surface area contributed by atoms with E-state index in [9.17, 15) is 4.79 Å². The fourth-order valence-electron chi connectivity index (χ4n) is 1.28. The van der Waals surface area contributed by atoms with Gasteiger partial charge in [-0.15, -0.1) is 0 Å². The molecule has 0 atom stereocenters. The molecule has 0 fully saturated rings. The molecule has 0 aliphatic rings. The van der Waals surface area contributed by atoms with Gasteiger partial charge in [-0.2, -0.15) is 0 Å². The highest BCUT2D eigenvalue weighted by Crippen LogP contribution is 2.25. The summed E-state index contributed by atoms with van der Waals surface area (Å²) >= 11 is 1.20. The smallest absolute Gasteiger partial charge is 0.221 e. The number of ether oxygens (including phenoxy) is 1. The van der Waals surface area contributed by atoms with Gasteiger partial charge in [-0.05, 0) is 31.4 Å². The SMILES string of the molecule is CCOc1ccc(NC)c(C(=O)SC)c1. The molecule has 0 unspecified atom stereocenters. The predicted molar refractivity (Wildman–Crippen MR) is 65.0 cm³/mol. The fraction of sp³-hybridized carbons (Fsp3) is 0.364. The van der Waals surface area contributed by atoms with Crippen molar-refractivity contribution in [1.29, 1.82) is 0 Å². The number of rotatable bonds is 4. The molecule has 0 aliphatic carbocycles. The third kappa shape index (κ3) is 2.89. The number of carbonyl (C=O) groups excluding carboxylic acids is 1. The van der Waals surface area contributed by atoms with Crippen molar-refractivity contribution >= 4 is 22.6 Å². The largest absolute Gasteiger partial charge is 0.494 e. The predicted octanol–water partition coefficient (Wildman–Crippen LogP) is 2.63. The molecule has 0 spiro atoms. The van der Waals surface area contributed by atoms with Crippen molar-refractivity contribution < 1.29 is 9.53 Å². The molecule has 0 amide bonds. The van der Waals surface area contributed by atoms with E-state index in [0.29, 0.717) is 12.2 Å². The lowest BCUT2D eigenvalue weighted by atomic mass is 10.2. The molecule has 15 heavy (non-hydrogen) atoms. The third-order valence-corrected chi connectivity index (χ3v) is 2.57. The molecule has 3 nitrogen and oxygen atoms in total. The molecule has 0 aromatic heterocycles. The Kier molecular flexibility index (Phi) is 4.49. The van der Waals surface area contributed by atoms with E-state index < -0.39 is 0 Å². The Hall–Kier alpha value is -1.16. The Labute approximate surface area is 94.2 Å². The maximum Gasteiger partial charge on any atom is 0.221 e. The number of anilines is 1. The van der Waals surface area contributed by atoms with Crippen LogP contribution >= 0.6 is 11.8 Å². The first-order valence-corrected chi connectivity index (χ1v) is 5.98. The molecule has 1 rings (SSSR count). The molecule has 4 heteroatoms. The standard InChI is InChI=1S/C11H15NO2S/c1-4-14-8-5-6-10(12-2)9(7-8)11(13)15-3/h5-7,12H,4H2,1-3H3. The minimum absolute atomic E-state index is 0.0425. The van der Waals surface area contributed by atoms with Crippen molar-refractivity contribution in [3.8, 4) is 5.75 Å². The molecular formula is C11H15NO2S. The van der Waals surface area contributed by atoms with Crippen LogP contribution in [0, 0.1) is 0 Å².